The zero-order chi connectivity index (χ0) is 14.9. The molecule has 4 heteroatoms. The fourth-order valence-corrected chi connectivity index (χ4v) is 2.90. The number of hydrogen-bond donors (Lipinski definition) is 1. The monoisotopic (exact) mass is 273 g/mol. The Labute approximate surface area is 120 Å². The molecule has 2 rings (SSSR count). The van der Waals surface area contributed by atoms with Crippen molar-refractivity contribution in [2.75, 3.05) is 0 Å². The Morgan fingerprint density at radius 1 is 1.25 bits per heavy atom. The van der Waals surface area contributed by atoms with Gasteiger partial charge in [-0.15, -0.1) is 0 Å². The number of benzene rings is 1. The quantitative estimate of drug-likeness (QED) is 0.917. The van der Waals surface area contributed by atoms with Gasteiger partial charge in [-0.3, -0.25) is 9.69 Å². The molecule has 1 aliphatic rings. The van der Waals surface area contributed by atoms with Crippen LogP contribution in [0.2, 0.25) is 0 Å². The first kappa shape index (κ1) is 14.6. The minimum absolute atomic E-state index is 0.0000491. The van der Waals surface area contributed by atoms with Gasteiger partial charge in [0, 0.05) is 0 Å². The van der Waals surface area contributed by atoms with E-state index < -0.39 is 5.54 Å². The summed E-state index contributed by atoms with van der Waals surface area (Å²) >= 11 is 0. The highest BCUT2D eigenvalue weighted by atomic mass is 16.2. The lowest BCUT2D eigenvalue weighted by atomic mass is 9.90. The Hall–Kier alpha value is -1.84. The molecular weight excluding hydrogens is 250 g/mol. The maximum absolute atomic E-state index is 12.7. The van der Waals surface area contributed by atoms with Crippen molar-refractivity contribution in [3.63, 3.8) is 0 Å². The lowest BCUT2D eigenvalue weighted by molar-refractivity contribution is -0.132. The maximum Gasteiger partial charge on any atom is 0.257 e. The van der Waals surface area contributed by atoms with Crippen LogP contribution >= 0.6 is 0 Å². The van der Waals surface area contributed by atoms with Gasteiger partial charge in [0.15, 0.2) is 5.96 Å². The van der Waals surface area contributed by atoms with E-state index in [0.29, 0.717) is 18.3 Å². The van der Waals surface area contributed by atoms with E-state index in [4.69, 9.17) is 5.73 Å². The molecule has 2 N–H and O–H groups in total. The predicted octanol–water partition coefficient (Wildman–Crippen LogP) is 2.71. The number of nitrogens with zero attached hydrogens (tertiary/aromatic N) is 2. The number of carbonyl (C=O) groups excluding carboxylic acids is 1. The zero-order valence-corrected chi connectivity index (χ0v) is 12.6. The topological polar surface area (TPSA) is 58.7 Å². The Morgan fingerprint density at radius 2 is 1.85 bits per heavy atom. The maximum atomic E-state index is 12.7. The van der Waals surface area contributed by atoms with Crippen LogP contribution in [-0.2, 0) is 4.79 Å². The fraction of sp³-hybridized carbons (Fsp3) is 0.500. The first-order valence-corrected chi connectivity index (χ1v) is 7.09. The summed E-state index contributed by atoms with van der Waals surface area (Å²) < 4.78 is 0. The average molecular weight is 273 g/mol. The summed E-state index contributed by atoms with van der Waals surface area (Å²) in [4.78, 5) is 18.8. The summed E-state index contributed by atoms with van der Waals surface area (Å²) in [5, 5.41) is 0. The number of rotatable bonds is 4. The number of carbonyl (C=O) groups is 1. The van der Waals surface area contributed by atoms with Gasteiger partial charge in [0.05, 0.1) is 6.04 Å². The third-order valence-corrected chi connectivity index (χ3v) is 3.76. The van der Waals surface area contributed by atoms with Gasteiger partial charge >= 0.3 is 0 Å². The SMILES string of the molecule is CC(C)CC1(C)N=C(N)N(C(C)c2ccccc2)C1=O. The van der Waals surface area contributed by atoms with E-state index in [1.54, 1.807) is 4.90 Å². The van der Waals surface area contributed by atoms with Crippen molar-refractivity contribution in [1.82, 2.24) is 4.90 Å². The third-order valence-electron chi connectivity index (χ3n) is 3.76. The summed E-state index contributed by atoms with van der Waals surface area (Å²) in [5.74, 6) is 0.724. The molecule has 20 heavy (non-hydrogen) atoms. The van der Waals surface area contributed by atoms with Gasteiger partial charge < -0.3 is 5.73 Å². The van der Waals surface area contributed by atoms with Crippen LogP contribution in [-0.4, -0.2) is 22.3 Å². The fourth-order valence-electron chi connectivity index (χ4n) is 2.90. The van der Waals surface area contributed by atoms with Crippen LogP contribution in [0.15, 0.2) is 35.3 Å². The van der Waals surface area contributed by atoms with Crippen LogP contribution in [0, 0.1) is 5.92 Å². The Kier molecular flexibility index (Phi) is 3.84. The van der Waals surface area contributed by atoms with E-state index in [-0.39, 0.29) is 11.9 Å². The molecule has 1 aromatic rings. The molecular formula is C16H23N3O. The standard InChI is InChI=1S/C16H23N3O/c1-11(2)10-16(4)14(20)19(15(17)18-16)12(3)13-8-6-5-7-9-13/h5-9,11-12H,10H2,1-4H3,(H2,17,18). The molecule has 0 saturated carbocycles. The second-order valence-corrected chi connectivity index (χ2v) is 6.10. The summed E-state index contributed by atoms with van der Waals surface area (Å²) in [6.07, 6.45) is 0.713. The van der Waals surface area contributed by atoms with E-state index >= 15 is 0 Å². The van der Waals surface area contributed by atoms with Crippen LogP contribution in [0.4, 0.5) is 0 Å². The highest BCUT2D eigenvalue weighted by Gasteiger charge is 2.45. The van der Waals surface area contributed by atoms with Gasteiger partial charge in [-0.1, -0.05) is 44.2 Å². The molecule has 0 saturated heterocycles. The number of aliphatic imine (C=N–C) groups is 1. The molecule has 108 valence electrons. The molecule has 0 spiro atoms. The zero-order valence-electron chi connectivity index (χ0n) is 12.6. The van der Waals surface area contributed by atoms with Crippen LogP contribution in [0.5, 0.6) is 0 Å². The van der Waals surface area contributed by atoms with Crippen molar-refractivity contribution in [3.05, 3.63) is 35.9 Å². The number of nitrogens with two attached hydrogens (primary N) is 1. The molecule has 1 amide bonds. The van der Waals surface area contributed by atoms with Crippen molar-refractivity contribution in [2.45, 2.75) is 45.7 Å². The highest BCUT2D eigenvalue weighted by molar-refractivity contribution is 6.06. The summed E-state index contributed by atoms with van der Waals surface area (Å²) in [7, 11) is 0. The second kappa shape index (κ2) is 5.27. The average Bonchev–Trinajstić information content (AvgIpc) is 2.59. The summed E-state index contributed by atoms with van der Waals surface area (Å²) in [6, 6.07) is 9.80. The number of amides is 1. The van der Waals surface area contributed by atoms with Gasteiger partial charge in [0.2, 0.25) is 0 Å². The van der Waals surface area contributed by atoms with Crippen LogP contribution < -0.4 is 5.73 Å². The van der Waals surface area contributed by atoms with Crippen molar-refractivity contribution < 1.29 is 4.79 Å². The van der Waals surface area contributed by atoms with E-state index in [1.165, 1.54) is 0 Å². The molecule has 4 nitrogen and oxygen atoms in total. The molecule has 2 atom stereocenters. The summed E-state index contributed by atoms with van der Waals surface area (Å²) in [6.45, 7) is 8.04. The van der Waals surface area contributed by atoms with Crippen molar-refractivity contribution in [3.8, 4) is 0 Å². The molecule has 0 fully saturated rings. The van der Waals surface area contributed by atoms with Crippen molar-refractivity contribution in [1.29, 1.82) is 0 Å². The number of guanidine groups is 1. The predicted molar refractivity (Wildman–Crippen MR) is 81.2 cm³/mol. The van der Waals surface area contributed by atoms with Gasteiger partial charge in [0.25, 0.3) is 5.91 Å². The first-order chi connectivity index (χ1) is 9.35. The molecule has 2 unspecified atom stereocenters. The molecule has 0 bridgehead atoms. The summed E-state index contributed by atoms with van der Waals surface area (Å²) in [5.41, 5.74) is 6.36. The normalized spacial score (nSPS) is 24.1. The van der Waals surface area contributed by atoms with Crippen LogP contribution in [0.25, 0.3) is 0 Å². The Bertz CT molecular complexity index is 524. The lowest BCUT2D eigenvalue weighted by Gasteiger charge is -2.28. The van der Waals surface area contributed by atoms with Gasteiger partial charge in [0.1, 0.15) is 5.54 Å². The minimum Gasteiger partial charge on any atom is -0.369 e. The molecule has 1 aromatic carbocycles. The Morgan fingerprint density at radius 3 is 2.40 bits per heavy atom. The highest BCUT2D eigenvalue weighted by Crippen LogP contribution is 2.33. The molecule has 1 aliphatic heterocycles. The van der Waals surface area contributed by atoms with Crippen molar-refractivity contribution >= 4 is 11.9 Å². The lowest BCUT2D eigenvalue weighted by Crippen LogP contribution is -2.44. The van der Waals surface area contributed by atoms with E-state index in [1.807, 2.05) is 44.2 Å². The van der Waals surface area contributed by atoms with Gasteiger partial charge in [-0.25, -0.2) is 4.99 Å². The van der Waals surface area contributed by atoms with Gasteiger partial charge in [-0.2, -0.15) is 0 Å². The van der Waals surface area contributed by atoms with E-state index in [0.717, 1.165) is 5.56 Å². The molecule has 1 heterocycles. The molecule has 0 aromatic heterocycles. The van der Waals surface area contributed by atoms with Gasteiger partial charge in [-0.05, 0) is 31.7 Å². The largest absolute Gasteiger partial charge is 0.369 e. The van der Waals surface area contributed by atoms with Crippen LogP contribution in [0.1, 0.15) is 45.7 Å². The molecule has 0 radical (unpaired) electrons. The van der Waals surface area contributed by atoms with E-state index in [2.05, 4.69) is 18.8 Å². The number of hydrogen-bond acceptors (Lipinski definition) is 3. The van der Waals surface area contributed by atoms with Crippen LogP contribution in [0.3, 0.4) is 0 Å². The minimum atomic E-state index is -0.721. The Balaban J connectivity index is 2.27. The van der Waals surface area contributed by atoms with E-state index in [9.17, 15) is 4.79 Å². The second-order valence-electron chi connectivity index (χ2n) is 6.10. The third kappa shape index (κ3) is 2.55. The smallest absolute Gasteiger partial charge is 0.257 e. The molecule has 0 aliphatic carbocycles. The van der Waals surface area contributed by atoms with Crippen molar-refractivity contribution in [2.24, 2.45) is 16.6 Å². The first-order valence-electron chi connectivity index (χ1n) is 7.09.